The van der Waals surface area contributed by atoms with Crippen LogP contribution in [0.15, 0.2) is 30.5 Å². The van der Waals surface area contributed by atoms with Crippen molar-refractivity contribution in [2.45, 2.75) is 52.9 Å². The number of rotatable bonds is 6. The van der Waals surface area contributed by atoms with Crippen LogP contribution in [0.1, 0.15) is 54.9 Å². The molecule has 0 saturated heterocycles. The zero-order valence-electron chi connectivity index (χ0n) is 12.8. The highest BCUT2D eigenvalue weighted by Gasteiger charge is 2.07. The molecule has 2 heteroatoms. The summed E-state index contributed by atoms with van der Waals surface area (Å²) in [4.78, 5) is 9.35. The molecule has 0 bridgehead atoms. The summed E-state index contributed by atoms with van der Waals surface area (Å²) in [6, 6.07) is 8.58. The normalized spacial score (nSPS) is 10.8. The summed E-state index contributed by atoms with van der Waals surface area (Å²) in [5, 5.41) is 0. The maximum Gasteiger partial charge on any atom is 0.132 e. The van der Waals surface area contributed by atoms with Crippen molar-refractivity contribution in [1.82, 2.24) is 9.97 Å². The highest BCUT2D eigenvalue weighted by Crippen LogP contribution is 2.13. The molecule has 0 aliphatic rings. The van der Waals surface area contributed by atoms with E-state index >= 15 is 0 Å². The third kappa shape index (κ3) is 3.89. The molecule has 2 aromatic rings. The van der Waals surface area contributed by atoms with E-state index in [-0.39, 0.29) is 0 Å². The molecule has 0 fully saturated rings. The van der Waals surface area contributed by atoms with Crippen LogP contribution in [0, 0.1) is 6.92 Å². The summed E-state index contributed by atoms with van der Waals surface area (Å²) in [5.41, 5.74) is 5.14. The van der Waals surface area contributed by atoms with Crippen molar-refractivity contribution in [3.8, 4) is 0 Å². The Hall–Kier alpha value is -1.70. The van der Waals surface area contributed by atoms with Crippen molar-refractivity contribution in [2.24, 2.45) is 0 Å². The molecule has 2 rings (SSSR count). The molecule has 0 saturated carbocycles. The van der Waals surface area contributed by atoms with Crippen molar-refractivity contribution in [1.29, 1.82) is 0 Å². The maximum absolute atomic E-state index is 4.79. The predicted molar refractivity (Wildman–Crippen MR) is 84.0 cm³/mol. The van der Waals surface area contributed by atoms with Crippen LogP contribution in [0.3, 0.4) is 0 Å². The summed E-state index contributed by atoms with van der Waals surface area (Å²) < 4.78 is 0. The van der Waals surface area contributed by atoms with Gasteiger partial charge in [-0.05, 0) is 30.9 Å². The summed E-state index contributed by atoms with van der Waals surface area (Å²) in [5.74, 6) is 0.943. The molecule has 0 N–H and O–H groups in total. The van der Waals surface area contributed by atoms with E-state index in [9.17, 15) is 0 Å². The molecular formula is C18H24N2. The van der Waals surface area contributed by atoms with E-state index in [4.69, 9.17) is 4.98 Å². The Bertz CT molecular complexity index is 561. The first-order valence-electron chi connectivity index (χ1n) is 7.62. The van der Waals surface area contributed by atoms with Crippen LogP contribution in [0.4, 0.5) is 0 Å². The van der Waals surface area contributed by atoms with E-state index in [1.165, 1.54) is 22.4 Å². The van der Waals surface area contributed by atoms with Gasteiger partial charge in [-0.1, -0.05) is 56.5 Å². The Morgan fingerprint density at radius 3 is 2.55 bits per heavy atom. The molecule has 0 aliphatic heterocycles. The quantitative estimate of drug-likeness (QED) is 0.781. The first-order chi connectivity index (χ1) is 9.72. The van der Waals surface area contributed by atoms with Gasteiger partial charge in [0.15, 0.2) is 0 Å². The molecule has 20 heavy (non-hydrogen) atoms. The summed E-state index contributed by atoms with van der Waals surface area (Å²) in [6.07, 6.45) is 7.28. The zero-order chi connectivity index (χ0) is 14.4. The SMILES string of the molecule is CCCc1cnc(Cc2cccc(C)c2)nc1CCC. The second-order valence-corrected chi connectivity index (χ2v) is 5.42. The average molecular weight is 268 g/mol. The third-order valence-electron chi connectivity index (χ3n) is 3.45. The third-order valence-corrected chi connectivity index (χ3v) is 3.45. The molecule has 0 amide bonds. The molecule has 1 heterocycles. The molecule has 0 aliphatic carbocycles. The van der Waals surface area contributed by atoms with Crippen LogP contribution < -0.4 is 0 Å². The van der Waals surface area contributed by atoms with Crippen molar-refractivity contribution < 1.29 is 0 Å². The second-order valence-electron chi connectivity index (χ2n) is 5.42. The van der Waals surface area contributed by atoms with Crippen LogP contribution in [0.5, 0.6) is 0 Å². The molecule has 106 valence electrons. The van der Waals surface area contributed by atoms with E-state index in [0.29, 0.717) is 0 Å². The topological polar surface area (TPSA) is 25.8 Å². The van der Waals surface area contributed by atoms with Gasteiger partial charge in [0.1, 0.15) is 5.82 Å². The van der Waals surface area contributed by atoms with Crippen LogP contribution in [-0.2, 0) is 19.3 Å². The molecule has 0 unspecified atom stereocenters. The lowest BCUT2D eigenvalue weighted by Crippen LogP contribution is -2.05. The van der Waals surface area contributed by atoms with Gasteiger partial charge in [0.25, 0.3) is 0 Å². The van der Waals surface area contributed by atoms with Gasteiger partial charge in [0, 0.05) is 18.3 Å². The van der Waals surface area contributed by atoms with Gasteiger partial charge in [0.2, 0.25) is 0 Å². The molecule has 2 nitrogen and oxygen atoms in total. The van der Waals surface area contributed by atoms with E-state index < -0.39 is 0 Å². The first-order valence-corrected chi connectivity index (χ1v) is 7.62. The largest absolute Gasteiger partial charge is 0.241 e. The van der Waals surface area contributed by atoms with Gasteiger partial charge in [-0.2, -0.15) is 0 Å². The average Bonchev–Trinajstić information content (AvgIpc) is 2.42. The molecule has 1 aromatic carbocycles. The van der Waals surface area contributed by atoms with Gasteiger partial charge in [-0.25, -0.2) is 9.97 Å². The smallest absolute Gasteiger partial charge is 0.132 e. The van der Waals surface area contributed by atoms with Crippen LogP contribution >= 0.6 is 0 Å². The van der Waals surface area contributed by atoms with E-state index in [1.807, 2.05) is 6.20 Å². The monoisotopic (exact) mass is 268 g/mol. The van der Waals surface area contributed by atoms with Crippen molar-refractivity contribution in [3.63, 3.8) is 0 Å². The molecule has 0 radical (unpaired) electrons. The number of benzene rings is 1. The number of hydrogen-bond donors (Lipinski definition) is 0. The molecule has 1 aromatic heterocycles. The summed E-state index contributed by atoms with van der Waals surface area (Å²) >= 11 is 0. The predicted octanol–water partition coefficient (Wildman–Crippen LogP) is 4.28. The van der Waals surface area contributed by atoms with E-state index in [2.05, 4.69) is 50.0 Å². The standard InChI is InChI=1S/C18H24N2/c1-4-7-16-13-19-18(20-17(16)8-5-2)12-15-10-6-9-14(3)11-15/h6,9-11,13H,4-5,7-8,12H2,1-3H3. The first kappa shape index (κ1) is 14.7. The fourth-order valence-corrected chi connectivity index (χ4v) is 2.50. The van der Waals surface area contributed by atoms with Gasteiger partial charge in [0.05, 0.1) is 0 Å². The lowest BCUT2D eigenvalue weighted by Gasteiger charge is -2.09. The minimum absolute atomic E-state index is 0.824. The number of aryl methyl sites for hydroxylation is 3. The minimum atomic E-state index is 0.824. The van der Waals surface area contributed by atoms with Gasteiger partial charge < -0.3 is 0 Å². The highest BCUT2D eigenvalue weighted by atomic mass is 14.9. The number of aromatic nitrogens is 2. The molecule has 0 spiro atoms. The lowest BCUT2D eigenvalue weighted by molar-refractivity contribution is 0.792. The Kier molecular flexibility index (Phi) is 5.28. The Balaban J connectivity index is 2.22. The molecule has 0 atom stereocenters. The molecular weight excluding hydrogens is 244 g/mol. The van der Waals surface area contributed by atoms with Crippen LogP contribution in [-0.4, -0.2) is 9.97 Å². The van der Waals surface area contributed by atoms with E-state index in [1.54, 1.807) is 0 Å². The fraction of sp³-hybridized carbons (Fsp3) is 0.444. The maximum atomic E-state index is 4.79. The fourth-order valence-electron chi connectivity index (χ4n) is 2.50. The Labute approximate surface area is 122 Å². The second kappa shape index (κ2) is 7.18. The van der Waals surface area contributed by atoms with Gasteiger partial charge in [-0.3, -0.25) is 0 Å². The number of nitrogens with zero attached hydrogens (tertiary/aromatic N) is 2. The Morgan fingerprint density at radius 2 is 1.85 bits per heavy atom. The minimum Gasteiger partial charge on any atom is -0.241 e. The van der Waals surface area contributed by atoms with Crippen molar-refractivity contribution in [3.05, 3.63) is 58.7 Å². The zero-order valence-corrected chi connectivity index (χ0v) is 12.8. The van der Waals surface area contributed by atoms with E-state index in [0.717, 1.165) is 37.9 Å². The number of hydrogen-bond acceptors (Lipinski definition) is 2. The summed E-state index contributed by atoms with van der Waals surface area (Å²) in [6.45, 7) is 6.53. The van der Waals surface area contributed by atoms with Crippen LogP contribution in [0.2, 0.25) is 0 Å². The summed E-state index contributed by atoms with van der Waals surface area (Å²) in [7, 11) is 0. The van der Waals surface area contributed by atoms with Crippen molar-refractivity contribution in [2.75, 3.05) is 0 Å². The lowest BCUT2D eigenvalue weighted by atomic mass is 10.1. The van der Waals surface area contributed by atoms with Gasteiger partial charge in [-0.15, -0.1) is 0 Å². The van der Waals surface area contributed by atoms with Crippen LogP contribution in [0.25, 0.3) is 0 Å². The Morgan fingerprint density at radius 1 is 1.05 bits per heavy atom. The van der Waals surface area contributed by atoms with Gasteiger partial charge >= 0.3 is 0 Å². The highest BCUT2D eigenvalue weighted by molar-refractivity contribution is 5.26. The van der Waals surface area contributed by atoms with Crippen molar-refractivity contribution >= 4 is 0 Å².